The molecule has 0 aromatic carbocycles. The monoisotopic (exact) mass is 237 g/mol. The second kappa shape index (κ2) is 4.90. The number of hydrogen-bond donors (Lipinski definition) is 1. The second-order valence-electron chi connectivity index (χ2n) is 4.99. The molecule has 4 nitrogen and oxygen atoms in total. The van der Waals surface area contributed by atoms with Crippen molar-refractivity contribution in [1.82, 2.24) is 4.90 Å². The first-order valence-electron chi connectivity index (χ1n) is 6.29. The van der Waals surface area contributed by atoms with Gasteiger partial charge in [-0.3, -0.25) is 9.59 Å². The summed E-state index contributed by atoms with van der Waals surface area (Å²) in [7, 11) is 0. The maximum Gasteiger partial charge on any atom is 0.307 e. The summed E-state index contributed by atoms with van der Waals surface area (Å²) in [5, 5.41) is 9.11. The molecule has 1 amide bonds. The van der Waals surface area contributed by atoms with Crippen molar-refractivity contribution in [2.75, 3.05) is 6.54 Å². The number of carboxylic acid groups (broad SMARTS) is 1. The minimum absolute atomic E-state index is 0.0253. The molecule has 2 fully saturated rings. The lowest BCUT2D eigenvalue weighted by atomic mass is 9.94. The van der Waals surface area contributed by atoms with E-state index in [9.17, 15) is 9.59 Å². The zero-order chi connectivity index (χ0) is 12.4. The molecule has 2 atom stereocenters. The summed E-state index contributed by atoms with van der Waals surface area (Å²) in [4.78, 5) is 25.3. The van der Waals surface area contributed by atoms with E-state index < -0.39 is 11.9 Å². The van der Waals surface area contributed by atoms with Gasteiger partial charge in [-0.15, -0.1) is 6.58 Å². The van der Waals surface area contributed by atoms with Crippen LogP contribution >= 0.6 is 0 Å². The quantitative estimate of drug-likeness (QED) is 0.740. The summed E-state index contributed by atoms with van der Waals surface area (Å²) in [6.45, 7) is 4.21. The lowest BCUT2D eigenvalue weighted by Gasteiger charge is -2.26. The van der Waals surface area contributed by atoms with Gasteiger partial charge in [0.15, 0.2) is 0 Å². The Bertz CT molecular complexity index is 336. The van der Waals surface area contributed by atoms with E-state index in [-0.39, 0.29) is 11.8 Å². The molecule has 2 saturated carbocycles. The zero-order valence-corrected chi connectivity index (χ0v) is 9.97. The minimum Gasteiger partial charge on any atom is -0.481 e. The Hall–Kier alpha value is -1.32. The Kier molecular flexibility index (Phi) is 3.50. The third kappa shape index (κ3) is 2.51. The van der Waals surface area contributed by atoms with E-state index in [1.165, 1.54) is 0 Å². The van der Waals surface area contributed by atoms with Crippen molar-refractivity contribution in [2.45, 2.75) is 38.1 Å². The molecule has 0 heterocycles. The van der Waals surface area contributed by atoms with Crippen molar-refractivity contribution < 1.29 is 14.7 Å². The SMILES string of the molecule is C=CCN(C(=O)[C@@H]1CCC[C@@H]1C(=O)O)C1CC1. The maximum absolute atomic E-state index is 12.3. The lowest BCUT2D eigenvalue weighted by molar-refractivity contribution is -0.149. The number of carbonyl (C=O) groups is 2. The maximum atomic E-state index is 12.3. The fourth-order valence-corrected chi connectivity index (χ4v) is 2.71. The van der Waals surface area contributed by atoms with Crippen molar-refractivity contribution in [2.24, 2.45) is 11.8 Å². The average Bonchev–Trinajstić information content (AvgIpc) is 3.00. The van der Waals surface area contributed by atoms with Gasteiger partial charge in [-0.25, -0.2) is 0 Å². The van der Waals surface area contributed by atoms with E-state index in [0.717, 1.165) is 25.7 Å². The van der Waals surface area contributed by atoms with Crippen LogP contribution in [0.3, 0.4) is 0 Å². The molecule has 2 rings (SSSR count). The van der Waals surface area contributed by atoms with E-state index >= 15 is 0 Å². The number of amides is 1. The molecule has 0 unspecified atom stereocenters. The fraction of sp³-hybridized carbons (Fsp3) is 0.692. The Balaban J connectivity index is 2.06. The van der Waals surface area contributed by atoms with Gasteiger partial charge < -0.3 is 10.0 Å². The summed E-state index contributed by atoms with van der Waals surface area (Å²) in [6.07, 6.45) is 6.02. The number of carbonyl (C=O) groups excluding carboxylic acids is 1. The molecule has 4 heteroatoms. The van der Waals surface area contributed by atoms with Crippen molar-refractivity contribution in [3.63, 3.8) is 0 Å². The molecular weight excluding hydrogens is 218 g/mol. The molecule has 94 valence electrons. The number of carboxylic acids is 1. The van der Waals surface area contributed by atoms with Crippen LogP contribution in [0.15, 0.2) is 12.7 Å². The van der Waals surface area contributed by atoms with E-state index in [0.29, 0.717) is 19.0 Å². The van der Waals surface area contributed by atoms with Crippen LogP contribution in [0.4, 0.5) is 0 Å². The van der Waals surface area contributed by atoms with Gasteiger partial charge >= 0.3 is 5.97 Å². The van der Waals surface area contributed by atoms with Gasteiger partial charge in [-0.1, -0.05) is 12.5 Å². The van der Waals surface area contributed by atoms with Crippen molar-refractivity contribution in [1.29, 1.82) is 0 Å². The molecule has 0 saturated heterocycles. The van der Waals surface area contributed by atoms with Gasteiger partial charge in [0, 0.05) is 12.6 Å². The van der Waals surface area contributed by atoms with Crippen molar-refractivity contribution >= 4 is 11.9 Å². The summed E-state index contributed by atoms with van der Waals surface area (Å²) in [5.74, 6) is -1.59. The van der Waals surface area contributed by atoms with Gasteiger partial charge in [-0.2, -0.15) is 0 Å². The highest BCUT2D eigenvalue weighted by Gasteiger charge is 2.42. The highest BCUT2D eigenvalue weighted by Crippen LogP contribution is 2.36. The van der Waals surface area contributed by atoms with Crippen LogP contribution in [-0.4, -0.2) is 34.5 Å². The molecule has 2 aliphatic carbocycles. The highest BCUT2D eigenvalue weighted by atomic mass is 16.4. The standard InChI is InChI=1S/C13H19NO3/c1-2-8-14(9-6-7-9)12(15)10-4-3-5-11(10)13(16)17/h2,9-11H,1,3-8H2,(H,16,17)/t10-,11+/m1/s1. The number of nitrogens with zero attached hydrogens (tertiary/aromatic N) is 1. The van der Waals surface area contributed by atoms with Gasteiger partial charge in [-0.05, 0) is 25.7 Å². The van der Waals surface area contributed by atoms with Gasteiger partial charge in [0.2, 0.25) is 5.91 Å². The molecule has 0 spiro atoms. The molecule has 0 aromatic heterocycles. The topological polar surface area (TPSA) is 57.6 Å². The molecule has 0 aliphatic heterocycles. The molecule has 0 radical (unpaired) electrons. The van der Waals surface area contributed by atoms with Gasteiger partial charge in [0.1, 0.15) is 0 Å². The first-order chi connectivity index (χ1) is 8.15. The Labute approximate surface area is 101 Å². The predicted octanol–water partition coefficient (Wildman–Crippen LogP) is 1.66. The van der Waals surface area contributed by atoms with Crippen molar-refractivity contribution in [3.05, 3.63) is 12.7 Å². The van der Waals surface area contributed by atoms with Crippen LogP contribution < -0.4 is 0 Å². The lowest BCUT2D eigenvalue weighted by Crippen LogP contribution is -2.40. The Morgan fingerprint density at radius 3 is 2.41 bits per heavy atom. The summed E-state index contributed by atoms with van der Waals surface area (Å²) in [5.41, 5.74) is 0. The second-order valence-corrected chi connectivity index (χ2v) is 4.99. The van der Waals surface area contributed by atoms with E-state index in [4.69, 9.17) is 5.11 Å². The average molecular weight is 237 g/mol. The van der Waals surface area contributed by atoms with Gasteiger partial charge in [0.05, 0.1) is 11.8 Å². The Morgan fingerprint density at radius 2 is 1.88 bits per heavy atom. The van der Waals surface area contributed by atoms with Crippen LogP contribution in [0.25, 0.3) is 0 Å². The third-order valence-corrected chi connectivity index (χ3v) is 3.75. The van der Waals surface area contributed by atoms with E-state index in [2.05, 4.69) is 6.58 Å². The van der Waals surface area contributed by atoms with Crippen LogP contribution in [0.1, 0.15) is 32.1 Å². The minimum atomic E-state index is -0.824. The van der Waals surface area contributed by atoms with E-state index in [1.54, 1.807) is 6.08 Å². The summed E-state index contributed by atoms with van der Waals surface area (Å²) in [6, 6.07) is 0.329. The largest absolute Gasteiger partial charge is 0.481 e. The predicted molar refractivity (Wildman–Crippen MR) is 63.4 cm³/mol. The van der Waals surface area contributed by atoms with Gasteiger partial charge in [0.25, 0.3) is 0 Å². The van der Waals surface area contributed by atoms with E-state index in [1.807, 2.05) is 4.90 Å². The van der Waals surface area contributed by atoms with Crippen molar-refractivity contribution in [3.8, 4) is 0 Å². The fourth-order valence-electron chi connectivity index (χ4n) is 2.71. The first kappa shape index (κ1) is 12.1. The molecule has 2 aliphatic rings. The number of aliphatic carboxylic acids is 1. The molecule has 0 bridgehead atoms. The first-order valence-corrected chi connectivity index (χ1v) is 6.29. The summed E-state index contributed by atoms with van der Waals surface area (Å²) >= 11 is 0. The van der Waals surface area contributed by atoms with Crippen LogP contribution in [0.2, 0.25) is 0 Å². The van der Waals surface area contributed by atoms with Crippen LogP contribution in [0, 0.1) is 11.8 Å². The third-order valence-electron chi connectivity index (χ3n) is 3.75. The number of hydrogen-bond acceptors (Lipinski definition) is 2. The summed E-state index contributed by atoms with van der Waals surface area (Å²) < 4.78 is 0. The molecule has 1 N–H and O–H groups in total. The molecule has 17 heavy (non-hydrogen) atoms. The molecule has 0 aromatic rings. The zero-order valence-electron chi connectivity index (χ0n) is 9.97. The Morgan fingerprint density at radius 1 is 1.24 bits per heavy atom. The normalized spacial score (nSPS) is 27.8. The molecular formula is C13H19NO3. The van der Waals surface area contributed by atoms with Crippen LogP contribution in [0.5, 0.6) is 0 Å². The van der Waals surface area contributed by atoms with Crippen LogP contribution in [-0.2, 0) is 9.59 Å². The smallest absolute Gasteiger partial charge is 0.307 e. The highest BCUT2D eigenvalue weighted by molar-refractivity contribution is 5.85. The number of rotatable bonds is 5.